The maximum Gasteiger partial charge on any atom is 0.343 e. The fraction of sp³-hybridized carbons (Fsp3) is 0.385. The maximum atomic E-state index is 11.7. The summed E-state index contributed by atoms with van der Waals surface area (Å²) in [4.78, 5) is 16.0. The Morgan fingerprint density at radius 3 is 3.18 bits per heavy atom. The van der Waals surface area contributed by atoms with Crippen LogP contribution in [0, 0.1) is 0 Å². The number of rotatable bonds is 7. The summed E-state index contributed by atoms with van der Waals surface area (Å²) in [5.74, 6) is 1.61. The lowest BCUT2D eigenvalue weighted by Crippen LogP contribution is -2.17. The number of thioether (sulfide) groups is 1. The fourth-order valence-corrected chi connectivity index (χ4v) is 3.32. The van der Waals surface area contributed by atoms with Crippen LogP contribution in [0.1, 0.15) is 25.6 Å². The molecule has 0 aromatic carbocycles. The summed E-state index contributed by atoms with van der Waals surface area (Å²) < 4.78 is 6.88. The van der Waals surface area contributed by atoms with Crippen LogP contribution in [0.15, 0.2) is 31.3 Å². The minimum atomic E-state index is -0.178. The molecule has 7 nitrogen and oxygen atoms in total. The molecule has 0 aliphatic carbocycles. The standard InChI is InChI=1S/C13H15N5O2S2/c1-2-3-5-18-12(19)15-16-13(18)22-8-10-14-11(20-17-10)9-4-6-21-7-9/h4,6-7H,2-3,5,8H2,1H3,(H,15,19). The van der Waals surface area contributed by atoms with Gasteiger partial charge in [0, 0.05) is 11.9 Å². The van der Waals surface area contributed by atoms with E-state index in [-0.39, 0.29) is 5.69 Å². The molecule has 0 unspecified atom stereocenters. The van der Waals surface area contributed by atoms with Crippen molar-refractivity contribution in [2.24, 2.45) is 0 Å². The van der Waals surface area contributed by atoms with Crippen LogP contribution in [-0.4, -0.2) is 24.9 Å². The Kier molecular flexibility index (Phi) is 4.74. The van der Waals surface area contributed by atoms with E-state index in [1.54, 1.807) is 15.9 Å². The molecule has 0 saturated carbocycles. The first-order valence-corrected chi connectivity index (χ1v) is 8.84. The SMILES string of the molecule is CCCCn1c(SCc2noc(-c3ccsc3)n2)n[nH]c1=O. The highest BCUT2D eigenvalue weighted by molar-refractivity contribution is 7.98. The van der Waals surface area contributed by atoms with Gasteiger partial charge < -0.3 is 4.52 Å². The molecule has 1 N–H and O–H groups in total. The average Bonchev–Trinajstić information content (AvgIpc) is 3.24. The molecular weight excluding hydrogens is 322 g/mol. The summed E-state index contributed by atoms with van der Waals surface area (Å²) in [6.07, 6.45) is 1.97. The smallest absolute Gasteiger partial charge is 0.334 e. The van der Waals surface area contributed by atoms with Crippen molar-refractivity contribution in [2.75, 3.05) is 0 Å². The average molecular weight is 337 g/mol. The zero-order valence-corrected chi connectivity index (χ0v) is 13.6. The molecule has 0 saturated heterocycles. The molecule has 3 heterocycles. The van der Waals surface area contributed by atoms with Crippen molar-refractivity contribution in [3.8, 4) is 11.5 Å². The van der Waals surface area contributed by atoms with E-state index in [1.165, 1.54) is 11.8 Å². The van der Waals surface area contributed by atoms with E-state index in [9.17, 15) is 4.79 Å². The Morgan fingerprint density at radius 2 is 2.41 bits per heavy atom. The number of H-pyrrole nitrogens is 1. The van der Waals surface area contributed by atoms with Crippen molar-refractivity contribution in [3.05, 3.63) is 33.1 Å². The topological polar surface area (TPSA) is 89.6 Å². The van der Waals surface area contributed by atoms with E-state index in [4.69, 9.17) is 4.52 Å². The lowest BCUT2D eigenvalue weighted by molar-refractivity contribution is 0.425. The highest BCUT2D eigenvalue weighted by Gasteiger charge is 2.13. The molecule has 0 aliphatic heterocycles. The van der Waals surface area contributed by atoms with Crippen LogP contribution in [0.3, 0.4) is 0 Å². The molecule has 0 atom stereocenters. The second-order valence-electron chi connectivity index (χ2n) is 4.63. The molecule has 22 heavy (non-hydrogen) atoms. The minimum Gasteiger partial charge on any atom is -0.334 e. The van der Waals surface area contributed by atoms with Gasteiger partial charge in [-0.25, -0.2) is 9.89 Å². The van der Waals surface area contributed by atoms with Crippen molar-refractivity contribution >= 4 is 23.1 Å². The van der Waals surface area contributed by atoms with Gasteiger partial charge in [-0.05, 0) is 17.9 Å². The first-order chi connectivity index (χ1) is 10.8. The van der Waals surface area contributed by atoms with Crippen LogP contribution in [0.25, 0.3) is 11.5 Å². The number of hydrogen-bond acceptors (Lipinski definition) is 7. The van der Waals surface area contributed by atoms with Crippen LogP contribution in [0.5, 0.6) is 0 Å². The maximum absolute atomic E-state index is 11.7. The van der Waals surface area contributed by atoms with Crippen molar-refractivity contribution in [3.63, 3.8) is 0 Å². The molecule has 0 radical (unpaired) electrons. The Hall–Kier alpha value is -1.87. The zero-order valence-electron chi connectivity index (χ0n) is 12.0. The van der Waals surface area contributed by atoms with E-state index < -0.39 is 0 Å². The van der Waals surface area contributed by atoms with E-state index in [0.29, 0.717) is 29.2 Å². The highest BCUT2D eigenvalue weighted by atomic mass is 32.2. The molecule has 116 valence electrons. The van der Waals surface area contributed by atoms with Crippen LogP contribution in [-0.2, 0) is 12.3 Å². The highest BCUT2D eigenvalue weighted by Crippen LogP contribution is 2.23. The molecule has 0 aliphatic rings. The predicted molar refractivity (Wildman–Crippen MR) is 84.9 cm³/mol. The number of unbranched alkanes of at least 4 members (excludes halogenated alkanes) is 1. The predicted octanol–water partition coefficient (Wildman–Crippen LogP) is 2.78. The normalized spacial score (nSPS) is 11.1. The Labute approximate surface area is 134 Å². The van der Waals surface area contributed by atoms with Gasteiger partial charge in [0.15, 0.2) is 11.0 Å². The van der Waals surface area contributed by atoms with Gasteiger partial charge in [0.05, 0.1) is 11.3 Å². The second-order valence-corrected chi connectivity index (χ2v) is 6.36. The quantitative estimate of drug-likeness (QED) is 0.667. The summed E-state index contributed by atoms with van der Waals surface area (Å²) in [7, 11) is 0. The van der Waals surface area contributed by atoms with Gasteiger partial charge in [0.25, 0.3) is 5.89 Å². The summed E-state index contributed by atoms with van der Waals surface area (Å²) in [5, 5.41) is 15.1. The van der Waals surface area contributed by atoms with Crippen molar-refractivity contribution < 1.29 is 4.52 Å². The van der Waals surface area contributed by atoms with Crippen LogP contribution in [0.4, 0.5) is 0 Å². The number of aromatic amines is 1. The van der Waals surface area contributed by atoms with E-state index in [0.717, 1.165) is 18.4 Å². The van der Waals surface area contributed by atoms with Crippen molar-refractivity contribution in [2.45, 2.75) is 37.2 Å². The molecule has 3 rings (SSSR count). The van der Waals surface area contributed by atoms with Crippen LogP contribution >= 0.6 is 23.1 Å². The monoisotopic (exact) mass is 337 g/mol. The number of hydrogen-bond donors (Lipinski definition) is 1. The van der Waals surface area contributed by atoms with Gasteiger partial charge in [-0.15, -0.1) is 5.10 Å². The van der Waals surface area contributed by atoms with Gasteiger partial charge in [0.1, 0.15) is 0 Å². The molecule has 0 amide bonds. The molecule has 0 spiro atoms. The van der Waals surface area contributed by atoms with Gasteiger partial charge in [-0.1, -0.05) is 30.3 Å². The first-order valence-electron chi connectivity index (χ1n) is 6.91. The number of aromatic nitrogens is 5. The van der Waals surface area contributed by atoms with Crippen molar-refractivity contribution in [1.82, 2.24) is 24.9 Å². The lowest BCUT2D eigenvalue weighted by Gasteiger charge is -2.02. The number of nitrogens with zero attached hydrogens (tertiary/aromatic N) is 4. The molecular formula is C13H15N5O2S2. The lowest BCUT2D eigenvalue weighted by atomic mass is 10.3. The number of nitrogens with one attached hydrogen (secondary N) is 1. The van der Waals surface area contributed by atoms with Gasteiger partial charge in [0.2, 0.25) is 0 Å². The Morgan fingerprint density at radius 1 is 1.50 bits per heavy atom. The molecule has 0 fully saturated rings. The summed E-state index contributed by atoms with van der Waals surface area (Å²) in [5.41, 5.74) is 0.747. The molecule has 3 aromatic rings. The van der Waals surface area contributed by atoms with E-state index in [2.05, 4.69) is 27.3 Å². The minimum absolute atomic E-state index is 0.178. The molecule has 9 heteroatoms. The van der Waals surface area contributed by atoms with Crippen LogP contribution < -0.4 is 5.69 Å². The third-order valence-electron chi connectivity index (χ3n) is 3.03. The first kappa shape index (κ1) is 15.0. The summed E-state index contributed by atoms with van der Waals surface area (Å²) in [6.45, 7) is 2.75. The Bertz CT molecular complexity index is 775. The zero-order chi connectivity index (χ0) is 15.4. The summed E-state index contributed by atoms with van der Waals surface area (Å²) in [6, 6.07) is 1.94. The summed E-state index contributed by atoms with van der Waals surface area (Å²) >= 11 is 3.00. The second kappa shape index (κ2) is 6.93. The van der Waals surface area contributed by atoms with Crippen LogP contribution in [0.2, 0.25) is 0 Å². The third-order valence-corrected chi connectivity index (χ3v) is 4.68. The Balaban J connectivity index is 1.67. The van der Waals surface area contributed by atoms with E-state index in [1.807, 2.05) is 16.8 Å². The van der Waals surface area contributed by atoms with Gasteiger partial charge in [-0.3, -0.25) is 4.57 Å². The molecule has 0 bridgehead atoms. The van der Waals surface area contributed by atoms with Gasteiger partial charge >= 0.3 is 5.69 Å². The number of thiophene rings is 1. The van der Waals surface area contributed by atoms with Gasteiger partial charge in [-0.2, -0.15) is 16.3 Å². The van der Waals surface area contributed by atoms with E-state index >= 15 is 0 Å². The van der Waals surface area contributed by atoms with Crippen molar-refractivity contribution in [1.29, 1.82) is 0 Å². The fourth-order valence-electron chi connectivity index (χ4n) is 1.87. The molecule has 3 aromatic heterocycles. The third kappa shape index (κ3) is 3.30. The largest absolute Gasteiger partial charge is 0.343 e.